The van der Waals surface area contributed by atoms with Crippen molar-refractivity contribution < 1.29 is 18.3 Å². The molecular weight excluding hydrogens is 402 g/mol. The largest absolute Gasteiger partial charge is 0.356 e. The molecule has 1 fully saturated rings. The van der Waals surface area contributed by atoms with Crippen LogP contribution in [0, 0.1) is 6.92 Å². The Labute approximate surface area is 167 Å². The van der Waals surface area contributed by atoms with Gasteiger partial charge in [-0.05, 0) is 56.4 Å². The molecule has 2 N–H and O–H groups in total. The molecule has 1 saturated carbocycles. The summed E-state index contributed by atoms with van der Waals surface area (Å²) in [6, 6.07) is 4.38. The second-order valence-electron chi connectivity index (χ2n) is 7.52. The smallest absolute Gasteiger partial charge is 0.259 e. The lowest BCUT2D eigenvalue weighted by Gasteiger charge is -2.40. The minimum absolute atomic E-state index is 0.0353. The summed E-state index contributed by atoms with van der Waals surface area (Å²) in [4.78, 5) is 16.7. The van der Waals surface area contributed by atoms with Crippen molar-refractivity contribution in [2.45, 2.75) is 50.0 Å². The minimum Gasteiger partial charge on any atom is -0.356 e. The number of nitrogens with zero attached hydrogens (tertiary/aromatic N) is 4. The summed E-state index contributed by atoms with van der Waals surface area (Å²) >= 11 is 1.16. The molecule has 0 saturated heterocycles. The van der Waals surface area contributed by atoms with Gasteiger partial charge < -0.3 is 10.0 Å². The molecule has 1 aliphatic carbocycles. The van der Waals surface area contributed by atoms with Gasteiger partial charge in [0.1, 0.15) is 0 Å². The van der Waals surface area contributed by atoms with Gasteiger partial charge in [0.15, 0.2) is 0 Å². The molecule has 1 atom stereocenters. The van der Waals surface area contributed by atoms with Crippen LogP contribution in [0.2, 0.25) is 0 Å². The van der Waals surface area contributed by atoms with Crippen LogP contribution in [0.5, 0.6) is 0 Å². The number of aliphatic hydroxyl groups excluding tert-OH is 1. The number of hydrogen-bond acceptors (Lipinski definition) is 8. The van der Waals surface area contributed by atoms with E-state index in [2.05, 4.69) is 14.3 Å². The van der Waals surface area contributed by atoms with Crippen LogP contribution in [0.1, 0.15) is 40.7 Å². The van der Waals surface area contributed by atoms with Gasteiger partial charge in [-0.25, -0.2) is 13.1 Å². The molecule has 1 aromatic heterocycles. The number of carbonyl (C=O) groups excluding carboxylic acids is 1. The summed E-state index contributed by atoms with van der Waals surface area (Å²) < 4.78 is 31.9. The fourth-order valence-electron chi connectivity index (χ4n) is 3.13. The summed E-state index contributed by atoms with van der Waals surface area (Å²) in [5.74, 6) is -0.442. The Hall–Kier alpha value is -2.08. The fourth-order valence-corrected chi connectivity index (χ4v) is 5.25. The van der Waals surface area contributed by atoms with E-state index in [0.717, 1.165) is 29.3 Å². The van der Waals surface area contributed by atoms with E-state index in [-0.39, 0.29) is 17.0 Å². The fraction of sp³-hybridized carbons (Fsp3) is 0.471. The Balaban J connectivity index is 1.69. The number of fused-ring (bicyclic) bond motifs is 1. The first kappa shape index (κ1) is 19.2. The number of nitrogens with one attached hydrogen (secondary N) is 1. The third-order valence-electron chi connectivity index (χ3n) is 5.21. The average Bonchev–Trinajstić information content (AvgIpc) is 3.22. The molecule has 11 heteroatoms. The zero-order valence-corrected chi connectivity index (χ0v) is 17.3. The van der Waals surface area contributed by atoms with E-state index < -0.39 is 27.8 Å². The van der Waals surface area contributed by atoms with Gasteiger partial charge in [0, 0.05) is 12.6 Å². The molecule has 1 aromatic carbocycles. The van der Waals surface area contributed by atoms with Crippen molar-refractivity contribution in [2.24, 2.45) is 0 Å². The van der Waals surface area contributed by atoms with Crippen molar-refractivity contribution in [3.63, 3.8) is 0 Å². The topological polar surface area (TPSA) is 116 Å². The van der Waals surface area contributed by atoms with Crippen LogP contribution in [0.15, 0.2) is 23.1 Å². The van der Waals surface area contributed by atoms with Gasteiger partial charge in [-0.3, -0.25) is 9.69 Å². The highest BCUT2D eigenvalue weighted by atomic mass is 32.2. The predicted molar refractivity (Wildman–Crippen MR) is 103 cm³/mol. The Bertz CT molecular complexity index is 1050. The molecular formula is C17H21N5O4S2. The highest BCUT2D eigenvalue weighted by molar-refractivity contribution is 7.89. The molecule has 0 bridgehead atoms. The number of aliphatic hydroxyl groups is 1. The maximum Gasteiger partial charge on any atom is 0.259 e. The summed E-state index contributed by atoms with van der Waals surface area (Å²) in [7, 11) is -2.09. The lowest BCUT2D eigenvalue weighted by Crippen LogP contribution is -2.53. The lowest BCUT2D eigenvalue weighted by molar-refractivity contribution is 0.000751. The molecule has 9 nitrogen and oxygen atoms in total. The molecule has 1 amide bonds. The SMILES string of the molecule is Cc1nnsc1CN1C(=O)c2cc(S(=O)(=O)NC3(C)CC3)ccc2N(C)C1O. The first-order valence-corrected chi connectivity index (χ1v) is 11.0. The van der Waals surface area contributed by atoms with Crippen LogP contribution < -0.4 is 9.62 Å². The van der Waals surface area contributed by atoms with Gasteiger partial charge >= 0.3 is 0 Å². The van der Waals surface area contributed by atoms with Crippen molar-refractivity contribution in [3.05, 3.63) is 34.3 Å². The average molecular weight is 424 g/mol. The monoisotopic (exact) mass is 423 g/mol. The Kier molecular flexibility index (Phi) is 4.45. The Morgan fingerprint density at radius 1 is 1.39 bits per heavy atom. The van der Waals surface area contributed by atoms with Gasteiger partial charge in [0.25, 0.3) is 5.91 Å². The van der Waals surface area contributed by atoms with E-state index in [1.165, 1.54) is 21.9 Å². The van der Waals surface area contributed by atoms with Gasteiger partial charge in [-0.1, -0.05) is 4.49 Å². The van der Waals surface area contributed by atoms with Crippen LogP contribution in [0.3, 0.4) is 0 Å². The molecule has 2 heterocycles. The molecule has 1 unspecified atom stereocenters. The zero-order chi connectivity index (χ0) is 20.3. The van der Waals surface area contributed by atoms with Crippen molar-refractivity contribution >= 4 is 33.2 Å². The second-order valence-corrected chi connectivity index (χ2v) is 10.0. The third kappa shape index (κ3) is 3.28. The minimum atomic E-state index is -3.74. The molecule has 0 radical (unpaired) electrons. The first-order valence-electron chi connectivity index (χ1n) is 8.79. The molecule has 150 valence electrons. The predicted octanol–water partition coefficient (Wildman–Crippen LogP) is 1.05. The van der Waals surface area contributed by atoms with Crippen molar-refractivity contribution in [3.8, 4) is 0 Å². The number of sulfonamides is 1. The first-order chi connectivity index (χ1) is 13.1. The Morgan fingerprint density at radius 2 is 2.11 bits per heavy atom. The lowest BCUT2D eigenvalue weighted by atomic mass is 10.1. The number of amides is 1. The number of anilines is 1. The van der Waals surface area contributed by atoms with Crippen molar-refractivity contribution in [1.82, 2.24) is 19.2 Å². The van der Waals surface area contributed by atoms with Crippen LogP contribution in [-0.2, 0) is 16.6 Å². The molecule has 2 aliphatic rings. The second kappa shape index (κ2) is 6.48. The van der Waals surface area contributed by atoms with Crippen LogP contribution >= 0.6 is 11.5 Å². The molecule has 1 aliphatic heterocycles. The van der Waals surface area contributed by atoms with Crippen molar-refractivity contribution in [1.29, 1.82) is 0 Å². The molecule has 28 heavy (non-hydrogen) atoms. The standard InChI is InChI=1S/C17H21N5O4S2/c1-10-14(27-20-18-10)9-22-15(23)12-8-11(4-5-13(12)21(3)16(22)24)28(25,26)19-17(2)6-7-17/h4-5,8,16,19,24H,6-7,9H2,1-3H3. The van der Waals surface area contributed by atoms with Crippen molar-refractivity contribution in [2.75, 3.05) is 11.9 Å². The highest BCUT2D eigenvalue weighted by Crippen LogP contribution is 2.37. The molecule has 2 aromatic rings. The maximum absolute atomic E-state index is 13.1. The van der Waals surface area contributed by atoms with E-state index in [9.17, 15) is 18.3 Å². The van der Waals surface area contributed by atoms with E-state index in [1.54, 1.807) is 20.0 Å². The van der Waals surface area contributed by atoms with Crippen LogP contribution in [-0.4, -0.2) is 52.9 Å². The summed E-state index contributed by atoms with van der Waals surface area (Å²) in [6.07, 6.45) is 0.412. The number of aromatic nitrogens is 2. The van der Waals surface area contributed by atoms with Crippen LogP contribution in [0.25, 0.3) is 0 Å². The number of benzene rings is 1. The Morgan fingerprint density at radius 3 is 2.71 bits per heavy atom. The van der Waals surface area contributed by atoms with E-state index >= 15 is 0 Å². The third-order valence-corrected chi connectivity index (χ3v) is 7.66. The van der Waals surface area contributed by atoms with Crippen LogP contribution in [0.4, 0.5) is 5.69 Å². The quantitative estimate of drug-likeness (QED) is 0.738. The number of hydrogen-bond donors (Lipinski definition) is 2. The van der Waals surface area contributed by atoms with Gasteiger partial charge in [-0.15, -0.1) is 5.10 Å². The van der Waals surface area contributed by atoms with Gasteiger partial charge in [0.2, 0.25) is 16.4 Å². The van der Waals surface area contributed by atoms with Gasteiger partial charge in [0.05, 0.1) is 33.3 Å². The number of carbonyl (C=O) groups is 1. The summed E-state index contributed by atoms with van der Waals surface area (Å²) in [5.41, 5.74) is 0.988. The van der Waals surface area contributed by atoms with E-state index in [4.69, 9.17) is 0 Å². The number of rotatable bonds is 5. The van der Waals surface area contributed by atoms with E-state index in [1.807, 2.05) is 6.92 Å². The highest BCUT2D eigenvalue weighted by Gasteiger charge is 2.42. The maximum atomic E-state index is 13.1. The molecule has 4 rings (SSSR count). The summed E-state index contributed by atoms with van der Waals surface area (Å²) in [5, 5.41) is 14.5. The number of aryl methyl sites for hydroxylation is 1. The van der Waals surface area contributed by atoms with E-state index in [0.29, 0.717) is 11.4 Å². The zero-order valence-electron chi connectivity index (χ0n) is 15.7. The van der Waals surface area contributed by atoms with Gasteiger partial charge in [-0.2, -0.15) is 0 Å². The normalized spacial score (nSPS) is 21.0. The summed E-state index contributed by atoms with van der Waals surface area (Å²) in [6.45, 7) is 3.78. The molecule has 0 spiro atoms.